The number of anilines is 2. The Labute approximate surface area is 150 Å². The molecule has 1 N–H and O–H groups in total. The van der Waals surface area contributed by atoms with Crippen molar-refractivity contribution in [3.63, 3.8) is 0 Å². The van der Waals surface area contributed by atoms with E-state index in [0.29, 0.717) is 5.69 Å². The van der Waals surface area contributed by atoms with Crippen LogP contribution in [0.1, 0.15) is 5.56 Å². The van der Waals surface area contributed by atoms with Crippen LogP contribution in [0.4, 0.5) is 11.4 Å². The standard InChI is InChI=1S/C17H19BrN2O3S/c18-15-3-1-2-14(12-15)13-24(21,22)19-16-4-6-17(7-5-16)20-8-10-23-11-9-20/h1-7,12,19H,8-11,13H2. The highest BCUT2D eigenvalue weighted by Crippen LogP contribution is 2.21. The lowest BCUT2D eigenvalue weighted by Gasteiger charge is -2.28. The fraction of sp³-hybridized carbons (Fsp3) is 0.294. The predicted octanol–water partition coefficient (Wildman–Crippen LogP) is 3.23. The Morgan fingerprint density at radius 3 is 2.46 bits per heavy atom. The van der Waals surface area contributed by atoms with Gasteiger partial charge >= 0.3 is 0 Å². The first-order valence-corrected chi connectivity index (χ1v) is 10.1. The highest BCUT2D eigenvalue weighted by atomic mass is 79.9. The summed E-state index contributed by atoms with van der Waals surface area (Å²) >= 11 is 3.35. The molecule has 0 unspecified atom stereocenters. The van der Waals surface area contributed by atoms with E-state index in [2.05, 4.69) is 25.6 Å². The second-order valence-electron chi connectivity index (χ2n) is 5.64. The molecule has 1 aliphatic rings. The van der Waals surface area contributed by atoms with E-state index in [-0.39, 0.29) is 5.75 Å². The fourth-order valence-electron chi connectivity index (χ4n) is 2.62. The van der Waals surface area contributed by atoms with Gasteiger partial charge in [-0.1, -0.05) is 28.1 Å². The van der Waals surface area contributed by atoms with Crippen molar-refractivity contribution < 1.29 is 13.2 Å². The number of benzene rings is 2. The van der Waals surface area contributed by atoms with Crippen molar-refractivity contribution in [3.05, 3.63) is 58.6 Å². The summed E-state index contributed by atoms with van der Waals surface area (Å²) in [5.74, 6) is -0.0579. The molecule has 0 radical (unpaired) electrons. The van der Waals surface area contributed by atoms with Crippen LogP contribution in [0.5, 0.6) is 0 Å². The summed E-state index contributed by atoms with van der Waals surface area (Å²) in [6, 6.07) is 14.8. The van der Waals surface area contributed by atoms with Gasteiger partial charge in [-0.05, 0) is 42.0 Å². The van der Waals surface area contributed by atoms with Crippen LogP contribution in [-0.4, -0.2) is 34.7 Å². The van der Waals surface area contributed by atoms with Crippen molar-refractivity contribution >= 4 is 37.3 Å². The molecular formula is C17H19BrN2O3S. The van der Waals surface area contributed by atoms with E-state index in [9.17, 15) is 8.42 Å². The molecule has 24 heavy (non-hydrogen) atoms. The highest BCUT2D eigenvalue weighted by Gasteiger charge is 2.14. The minimum atomic E-state index is -3.45. The van der Waals surface area contributed by atoms with Crippen LogP contribution in [0.25, 0.3) is 0 Å². The van der Waals surface area contributed by atoms with Crippen LogP contribution in [0.3, 0.4) is 0 Å². The molecule has 0 atom stereocenters. The van der Waals surface area contributed by atoms with Crippen molar-refractivity contribution in [1.29, 1.82) is 0 Å². The summed E-state index contributed by atoms with van der Waals surface area (Å²) in [6.07, 6.45) is 0. The quantitative estimate of drug-likeness (QED) is 0.821. The van der Waals surface area contributed by atoms with Crippen LogP contribution in [0.2, 0.25) is 0 Å². The van der Waals surface area contributed by atoms with Gasteiger partial charge < -0.3 is 9.64 Å². The molecule has 1 aliphatic heterocycles. The van der Waals surface area contributed by atoms with Gasteiger partial charge in [0.05, 0.1) is 19.0 Å². The zero-order valence-corrected chi connectivity index (χ0v) is 15.5. The number of nitrogens with one attached hydrogen (secondary N) is 1. The van der Waals surface area contributed by atoms with Gasteiger partial charge in [0.2, 0.25) is 10.0 Å². The van der Waals surface area contributed by atoms with E-state index in [1.54, 1.807) is 24.3 Å². The molecule has 1 fully saturated rings. The molecule has 2 aromatic carbocycles. The van der Waals surface area contributed by atoms with Crippen molar-refractivity contribution in [2.45, 2.75) is 5.75 Å². The zero-order valence-electron chi connectivity index (χ0n) is 13.1. The van der Waals surface area contributed by atoms with Gasteiger partial charge in [-0.25, -0.2) is 8.42 Å². The van der Waals surface area contributed by atoms with Gasteiger partial charge in [-0.2, -0.15) is 0 Å². The summed E-state index contributed by atoms with van der Waals surface area (Å²) in [6.45, 7) is 3.16. The SMILES string of the molecule is O=S(=O)(Cc1cccc(Br)c1)Nc1ccc(N2CCOCC2)cc1. The molecular weight excluding hydrogens is 392 g/mol. The molecule has 0 amide bonds. The average molecular weight is 411 g/mol. The molecule has 0 aromatic heterocycles. The first-order chi connectivity index (χ1) is 11.5. The molecule has 1 heterocycles. The summed E-state index contributed by atoms with van der Waals surface area (Å²) < 4.78 is 33.5. The summed E-state index contributed by atoms with van der Waals surface area (Å²) in [4.78, 5) is 2.23. The minimum absolute atomic E-state index is 0.0579. The van der Waals surface area contributed by atoms with Gasteiger partial charge in [0, 0.05) is 28.9 Å². The van der Waals surface area contributed by atoms with E-state index in [0.717, 1.165) is 42.0 Å². The van der Waals surface area contributed by atoms with Crippen LogP contribution in [-0.2, 0) is 20.5 Å². The van der Waals surface area contributed by atoms with Gasteiger partial charge in [0.25, 0.3) is 0 Å². The Morgan fingerprint density at radius 1 is 1.08 bits per heavy atom. The lowest BCUT2D eigenvalue weighted by Crippen LogP contribution is -2.36. The Balaban J connectivity index is 1.66. The predicted molar refractivity (Wildman–Crippen MR) is 99.9 cm³/mol. The first kappa shape index (κ1) is 17.3. The lowest BCUT2D eigenvalue weighted by atomic mass is 10.2. The van der Waals surface area contributed by atoms with Crippen molar-refractivity contribution in [1.82, 2.24) is 0 Å². The normalized spacial score (nSPS) is 15.3. The fourth-order valence-corrected chi connectivity index (χ4v) is 4.26. The number of rotatable bonds is 5. The molecule has 5 nitrogen and oxygen atoms in total. The number of hydrogen-bond donors (Lipinski definition) is 1. The maximum absolute atomic E-state index is 12.3. The molecule has 128 valence electrons. The Hall–Kier alpha value is -1.57. The number of sulfonamides is 1. The van der Waals surface area contributed by atoms with E-state index in [1.165, 1.54) is 0 Å². The Kier molecular flexibility index (Phi) is 5.43. The Morgan fingerprint density at radius 2 is 1.79 bits per heavy atom. The van der Waals surface area contributed by atoms with Crippen LogP contribution >= 0.6 is 15.9 Å². The third kappa shape index (κ3) is 4.72. The number of morpholine rings is 1. The van der Waals surface area contributed by atoms with Crippen LogP contribution in [0.15, 0.2) is 53.0 Å². The molecule has 0 bridgehead atoms. The average Bonchev–Trinajstić information content (AvgIpc) is 2.55. The summed E-state index contributed by atoms with van der Waals surface area (Å²) in [7, 11) is -3.45. The summed E-state index contributed by atoms with van der Waals surface area (Å²) in [5.41, 5.74) is 2.39. The van der Waals surface area contributed by atoms with E-state index < -0.39 is 10.0 Å². The third-order valence-corrected chi connectivity index (χ3v) is 5.52. The monoisotopic (exact) mass is 410 g/mol. The largest absolute Gasteiger partial charge is 0.378 e. The van der Waals surface area contributed by atoms with Crippen LogP contribution in [0, 0.1) is 0 Å². The second kappa shape index (κ2) is 7.55. The van der Waals surface area contributed by atoms with Gasteiger partial charge in [-0.15, -0.1) is 0 Å². The number of ether oxygens (including phenoxy) is 1. The highest BCUT2D eigenvalue weighted by molar-refractivity contribution is 9.10. The van der Waals surface area contributed by atoms with E-state index in [1.807, 2.05) is 24.3 Å². The molecule has 0 aliphatic carbocycles. The smallest absolute Gasteiger partial charge is 0.236 e. The maximum Gasteiger partial charge on any atom is 0.236 e. The van der Waals surface area contributed by atoms with Crippen molar-refractivity contribution in [2.75, 3.05) is 35.9 Å². The van der Waals surface area contributed by atoms with Crippen molar-refractivity contribution in [2.24, 2.45) is 0 Å². The van der Waals surface area contributed by atoms with Gasteiger partial charge in [-0.3, -0.25) is 4.72 Å². The second-order valence-corrected chi connectivity index (χ2v) is 8.28. The molecule has 0 spiro atoms. The topological polar surface area (TPSA) is 58.6 Å². The zero-order chi connectivity index (χ0) is 17.0. The first-order valence-electron chi connectivity index (χ1n) is 7.69. The minimum Gasteiger partial charge on any atom is -0.378 e. The third-order valence-electron chi connectivity index (χ3n) is 3.76. The molecule has 2 aromatic rings. The molecule has 7 heteroatoms. The molecule has 0 saturated carbocycles. The van der Waals surface area contributed by atoms with Gasteiger partial charge in [0.1, 0.15) is 0 Å². The molecule has 3 rings (SSSR count). The van der Waals surface area contributed by atoms with Gasteiger partial charge in [0.15, 0.2) is 0 Å². The molecule has 1 saturated heterocycles. The number of halogens is 1. The summed E-state index contributed by atoms with van der Waals surface area (Å²) in [5, 5.41) is 0. The number of hydrogen-bond acceptors (Lipinski definition) is 4. The van der Waals surface area contributed by atoms with Crippen LogP contribution < -0.4 is 9.62 Å². The maximum atomic E-state index is 12.3. The van der Waals surface area contributed by atoms with E-state index in [4.69, 9.17) is 4.74 Å². The Bertz CT molecular complexity index is 788. The van der Waals surface area contributed by atoms with Crippen molar-refractivity contribution in [3.8, 4) is 0 Å². The number of nitrogens with zero attached hydrogens (tertiary/aromatic N) is 1. The van der Waals surface area contributed by atoms with E-state index >= 15 is 0 Å². The lowest BCUT2D eigenvalue weighted by molar-refractivity contribution is 0.122.